The highest BCUT2D eigenvalue weighted by atomic mass is 16.4. The molecule has 3 amide bonds. The number of nitrogens with two attached hydrogens (primary N) is 3. The predicted molar refractivity (Wildman–Crippen MR) is 116 cm³/mol. The number of hydrogen-bond donors (Lipinski definition) is 9. The van der Waals surface area contributed by atoms with Crippen LogP contribution in [0.15, 0.2) is 17.5 Å². The standard InChI is InChI=1S/C18H31N9O6/c1-9(28)14(19)16(31)24-7-13(29)26-12(5-10-6-22-8-25-10)15(30)27-11(17(32)33)3-2-4-23-18(20)21/h6,8-9,11-12,14,28H,2-5,7,19H2,1H3,(H,22,25)(H,24,31)(H,26,29)(H,27,30)(H,32,33)(H4,20,21,23). The third-order valence-electron chi connectivity index (χ3n) is 4.44. The van der Waals surface area contributed by atoms with Crippen molar-refractivity contribution in [2.45, 2.75) is 50.4 Å². The summed E-state index contributed by atoms with van der Waals surface area (Å²) >= 11 is 0. The number of aliphatic hydroxyl groups is 1. The van der Waals surface area contributed by atoms with Crippen molar-refractivity contribution in [3.05, 3.63) is 18.2 Å². The topological polar surface area (TPSA) is 264 Å². The van der Waals surface area contributed by atoms with Crippen molar-refractivity contribution < 1.29 is 29.4 Å². The minimum atomic E-state index is -1.26. The molecule has 0 saturated heterocycles. The van der Waals surface area contributed by atoms with Gasteiger partial charge in [0.15, 0.2) is 5.96 Å². The number of aromatic nitrogens is 2. The van der Waals surface area contributed by atoms with Gasteiger partial charge in [-0.25, -0.2) is 9.78 Å². The van der Waals surface area contributed by atoms with E-state index >= 15 is 0 Å². The second-order valence-electron chi connectivity index (χ2n) is 7.23. The van der Waals surface area contributed by atoms with E-state index in [4.69, 9.17) is 17.2 Å². The Morgan fingerprint density at radius 2 is 1.88 bits per heavy atom. The highest BCUT2D eigenvalue weighted by molar-refractivity contribution is 5.92. The molecule has 0 aliphatic rings. The van der Waals surface area contributed by atoms with E-state index in [9.17, 15) is 29.4 Å². The van der Waals surface area contributed by atoms with Gasteiger partial charge < -0.3 is 48.3 Å². The number of amides is 3. The van der Waals surface area contributed by atoms with Crippen LogP contribution in [-0.2, 0) is 25.6 Å². The van der Waals surface area contributed by atoms with Crippen LogP contribution < -0.4 is 33.2 Å². The molecule has 12 N–H and O–H groups in total. The lowest BCUT2D eigenvalue weighted by Crippen LogP contribution is -2.55. The zero-order chi connectivity index (χ0) is 25.0. The van der Waals surface area contributed by atoms with E-state index < -0.39 is 54.5 Å². The molecule has 15 nitrogen and oxygen atoms in total. The molecule has 0 radical (unpaired) electrons. The number of aliphatic carboxylic acids is 1. The summed E-state index contributed by atoms with van der Waals surface area (Å²) in [5.74, 6) is -3.62. The van der Waals surface area contributed by atoms with Crippen molar-refractivity contribution in [2.75, 3.05) is 13.1 Å². The normalized spacial score (nSPS) is 14.3. The molecule has 0 bridgehead atoms. The molecule has 1 heterocycles. The third kappa shape index (κ3) is 10.4. The van der Waals surface area contributed by atoms with Crippen molar-refractivity contribution >= 4 is 29.7 Å². The van der Waals surface area contributed by atoms with E-state index in [2.05, 4.69) is 30.9 Å². The minimum Gasteiger partial charge on any atom is -0.480 e. The van der Waals surface area contributed by atoms with Gasteiger partial charge in [0.2, 0.25) is 17.7 Å². The summed E-state index contributed by atoms with van der Waals surface area (Å²) in [6, 6.07) is -3.63. The average molecular weight is 470 g/mol. The number of guanidine groups is 1. The number of aliphatic hydroxyl groups excluding tert-OH is 1. The largest absolute Gasteiger partial charge is 0.480 e. The Morgan fingerprint density at radius 1 is 1.18 bits per heavy atom. The maximum absolute atomic E-state index is 12.8. The van der Waals surface area contributed by atoms with Crippen LogP contribution in [-0.4, -0.2) is 87.2 Å². The van der Waals surface area contributed by atoms with E-state index in [0.29, 0.717) is 12.1 Å². The second kappa shape index (κ2) is 13.6. The molecule has 0 aliphatic carbocycles. The zero-order valence-electron chi connectivity index (χ0n) is 18.2. The Labute approximate surface area is 189 Å². The maximum Gasteiger partial charge on any atom is 0.326 e. The molecule has 1 rings (SSSR count). The van der Waals surface area contributed by atoms with Gasteiger partial charge in [-0.15, -0.1) is 0 Å². The number of aliphatic imine (C=N–C) groups is 1. The van der Waals surface area contributed by atoms with Gasteiger partial charge >= 0.3 is 5.97 Å². The fourth-order valence-corrected chi connectivity index (χ4v) is 2.61. The molecule has 1 aromatic heterocycles. The van der Waals surface area contributed by atoms with E-state index in [-0.39, 0.29) is 25.3 Å². The van der Waals surface area contributed by atoms with Gasteiger partial charge in [-0.2, -0.15) is 0 Å². The molecule has 15 heteroatoms. The monoisotopic (exact) mass is 469 g/mol. The molecule has 4 atom stereocenters. The summed E-state index contributed by atoms with van der Waals surface area (Å²) in [6.45, 7) is 1.00. The fraction of sp³-hybridized carbons (Fsp3) is 0.556. The lowest BCUT2D eigenvalue weighted by Gasteiger charge is -2.21. The van der Waals surface area contributed by atoms with E-state index in [0.717, 1.165) is 0 Å². The van der Waals surface area contributed by atoms with Crippen molar-refractivity contribution in [3.63, 3.8) is 0 Å². The number of carboxylic acid groups (broad SMARTS) is 1. The lowest BCUT2D eigenvalue weighted by molar-refractivity contribution is -0.142. The smallest absolute Gasteiger partial charge is 0.326 e. The van der Waals surface area contributed by atoms with Gasteiger partial charge in [0.05, 0.1) is 19.0 Å². The van der Waals surface area contributed by atoms with Crippen molar-refractivity contribution in [2.24, 2.45) is 22.2 Å². The number of nitrogens with zero attached hydrogens (tertiary/aromatic N) is 2. The predicted octanol–water partition coefficient (Wildman–Crippen LogP) is -4.12. The van der Waals surface area contributed by atoms with Gasteiger partial charge in [-0.1, -0.05) is 0 Å². The van der Waals surface area contributed by atoms with E-state index in [1.54, 1.807) is 0 Å². The van der Waals surface area contributed by atoms with Crippen molar-refractivity contribution in [1.82, 2.24) is 25.9 Å². The fourth-order valence-electron chi connectivity index (χ4n) is 2.61. The molecule has 0 aromatic carbocycles. The van der Waals surface area contributed by atoms with Crippen LogP contribution in [0, 0.1) is 0 Å². The number of imidazole rings is 1. The molecular weight excluding hydrogens is 438 g/mol. The highest BCUT2D eigenvalue weighted by Gasteiger charge is 2.27. The van der Waals surface area contributed by atoms with Crippen molar-refractivity contribution in [1.29, 1.82) is 0 Å². The maximum atomic E-state index is 12.8. The number of carboxylic acids is 1. The number of nitrogens with one attached hydrogen (secondary N) is 4. The third-order valence-corrected chi connectivity index (χ3v) is 4.44. The van der Waals surface area contributed by atoms with Crippen LogP contribution in [0.2, 0.25) is 0 Å². The van der Waals surface area contributed by atoms with Crippen LogP contribution in [0.1, 0.15) is 25.5 Å². The first-order valence-corrected chi connectivity index (χ1v) is 10.1. The average Bonchev–Trinajstić information content (AvgIpc) is 3.25. The molecular formula is C18H31N9O6. The van der Waals surface area contributed by atoms with Crippen LogP contribution in [0.5, 0.6) is 0 Å². The zero-order valence-corrected chi connectivity index (χ0v) is 18.2. The molecule has 4 unspecified atom stereocenters. The quantitative estimate of drug-likeness (QED) is 0.0721. The summed E-state index contributed by atoms with van der Waals surface area (Å²) in [6.07, 6.45) is 2.04. The van der Waals surface area contributed by atoms with E-state index in [1.807, 2.05) is 0 Å². The van der Waals surface area contributed by atoms with Crippen molar-refractivity contribution in [3.8, 4) is 0 Å². The SMILES string of the molecule is CC(O)C(N)C(=O)NCC(=O)NC(Cc1cnc[nH]1)C(=O)NC(CCCN=C(N)N)C(=O)O. The molecule has 184 valence electrons. The number of hydrogen-bond acceptors (Lipinski definition) is 8. The molecule has 0 aliphatic heterocycles. The molecule has 1 aromatic rings. The first-order valence-electron chi connectivity index (χ1n) is 10.1. The Morgan fingerprint density at radius 3 is 2.42 bits per heavy atom. The van der Waals surface area contributed by atoms with Gasteiger partial charge in [0.1, 0.15) is 18.1 Å². The summed E-state index contributed by atoms with van der Waals surface area (Å²) in [5.41, 5.74) is 16.4. The van der Waals surface area contributed by atoms with Gasteiger partial charge in [0.25, 0.3) is 0 Å². The van der Waals surface area contributed by atoms with Crippen LogP contribution >= 0.6 is 0 Å². The molecule has 33 heavy (non-hydrogen) atoms. The van der Waals surface area contributed by atoms with Crippen LogP contribution in [0.4, 0.5) is 0 Å². The van der Waals surface area contributed by atoms with E-state index in [1.165, 1.54) is 19.4 Å². The molecule has 0 spiro atoms. The second-order valence-corrected chi connectivity index (χ2v) is 7.23. The van der Waals surface area contributed by atoms with Gasteiger partial charge in [0, 0.05) is 24.9 Å². The summed E-state index contributed by atoms with van der Waals surface area (Å²) in [7, 11) is 0. The first-order chi connectivity index (χ1) is 15.5. The number of H-pyrrole nitrogens is 1. The van der Waals surface area contributed by atoms with Crippen LogP contribution in [0.25, 0.3) is 0 Å². The summed E-state index contributed by atoms with van der Waals surface area (Å²) < 4.78 is 0. The minimum absolute atomic E-state index is 0.0148. The Balaban J connectivity index is 2.78. The Hall–Kier alpha value is -3.72. The van der Waals surface area contributed by atoms with Gasteiger partial charge in [-0.3, -0.25) is 19.4 Å². The van der Waals surface area contributed by atoms with Crippen LogP contribution in [0.3, 0.4) is 0 Å². The number of aromatic amines is 1. The molecule has 0 fully saturated rings. The Kier molecular flexibility index (Phi) is 11.3. The highest BCUT2D eigenvalue weighted by Crippen LogP contribution is 2.03. The number of rotatable bonds is 14. The first kappa shape index (κ1) is 27.3. The molecule has 0 saturated carbocycles. The summed E-state index contributed by atoms with van der Waals surface area (Å²) in [5, 5.41) is 25.8. The summed E-state index contributed by atoms with van der Waals surface area (Å²) in [4.78, 5) is 58.8. The van der Waals surface area contributed by atoms with Gasteiger partial charge in [-0.05, 0) is 19.8 Å². The lowest BCUT2D eigenvalue weighted by atomic mass is 10.1. The Bertz CT molecular complexity index is 823. The number of carbonyl (C=O) groups excluding carboxylic acids is 3. The number of carbonyl (C=O) groups is 4.